The lowest BCUT2D eigenvalue weighted by Crippen LogP contribution is -2.17. The van der Waals surface area contributed by atoms with E-state index in [1.54, 1.807) is 16.8 Å². The lowest BCUT2D eigenvalue weighted by atomic mass is 9.90. The van der Waals surface area contributed by atoms with Crippen LogP contribution in [0.5, 0.6) is 5.75 Å². The van der Waals surface area contributed by atoms with Crippen molar-refractivity contribution in [3.05, 3.63) is 53.9 Å². The van der Waals surface area contributed by atoms with Crippen molar-refractivity contribution in [2.45, 2.75) is 46.1 Å². The Hall–Kier alpha value is -3.94. The predicted molar refractivity (Wildman–Crippen MR) is 116 cm³/mol. The minimum atomic E-state index is -3.02. The summed E-state index contributed by atoms with van der Waals surface area (Å²) in [5, 5.41) is 14.6. The number of carbonyl (C=O) groups excluding carboxylic acids is 1. The molecule has 1 N–H and O–H groups in total. The van der Waals surface area contributed by atoms with Crippen LogP contribution in [0.3, 0.4) is 0 Å². The summed E-state index contributed by atoms with van der Waals surface area (Å²) in [4.78, 5) is 17.8. The van der Waals surface area contributed by atoms with Gasteiger partial charge in [-0.2, -0.15) is 18.4 Å². The third-order valence-corrected chi connectivity index (χ3v) is 4.54. The molecule has 174 valence electrons. The van der Waals surface area contributed by atoms with Crippen molar-refractivity contribution in [2.24, 2.45) is 0 Å². The quantitative estimate of drug-likeness (QED) is 0.565. The maximum Gasteiger partial charge on any atom is 0.387 e. The van der Waals surface area contributed by atoms with Crippen LogP contribution >= 0.6 is 0 Å². The SMILES string of the molecule is C=C1CC(C)(C)c2c1cnc1cc(F)nn21.CC.N#Cc1cc(NC=O)ncc1OC(F)F. The number of ether oxygens (including phenoxy) is 1. The summed E-state index contributed by atoms with van der Waals surface area (Å²) in [6.07, 6.45) is 3.93. The topological polar surface area (TPSA) is 105 Å². The van der Waals surface area contributed by atoms with Gasteiger partial charge in [0.2, 0.25) is 12.4 Å². The predicted octanol–water partition coefficient (Wildman–Crippen LogP) is 4.71. The van der Waals surface area contributed by atoms with Crippen molar-refractivity contribution in [2.75, 3.05) is 5.32 Å². The molecule has 0 saturated heterocycles. The number of rotatable bonds is 4. The number of aromatic nitrogens is 4. The molecule has 4 rings (SSSR count). The number of nitrogens with one attached hydrogen (secondary N) is 1. The van der Waals surface area contributed by atoms with E-state index < -0.39 is 12.6 Å². The largest absolute Gasteiger partial charge is 0.432 e. The van der Waals surface area contributed by atoms with Gasteiger partial charge in [-0.05, 0) is 12.0 Å². The van der Waals surface area contributed by atoms with Gasteiger partial charge in [0, 0.05) is 29.3 Å². The first-order chi connectivity index (χ1) is 15.7. The molecule has 8 nitrogen and oxygen atoms in total. The fraction of sp³-hybridized carbons (Fsp3) is 0.318. The van der Waals surface area contributed by atoms with Crippen LogP contribution in [0.15, 0.2) is 31.1 Å². The second kappa shape index (κ2) is 10.6. The van der Waals surface area contributed by atoms with Gasteiger partial charge in [-0.15, -0.1) is 5.10 Å². The van der Waals surface area contributed by atoms with Crippen LogP contribution in [0, 0.1) is 17.3 Å². The Bertz CT molecular complexity index is 1200. The van der Waals surface area contributed by atoms with Crippen molar-refractivity contribution in [3.63, 3.8) is 0 Å². The van der Waals surface area contributed by atoms with Gasteiger partial charge in [0.1, 0.15) is 11.9 Å². The van der Waals surface area contributed by atoms with Crippen LogP contribution in [0.25, 0.3) is 11.2 Å². The van der Waals surface area contributed by atoms with Crippen LogP contribution in [0.4, 0.5) is 19.0 Å². The minimum Gasteiger partial charge on any atom is -0.432 e. The second-order valence-electron chi connectivity index (χ2n) is 7.24. The summed E-state index contributed by atoms with van der Waals surface area (Å²) in [6, 6.07) is 4.12. The molecule has 0 bridgehead atoms. The average molecular weight is 460 g/mol. The molecule has 0 unspecified atom stereocenters. The summed E-state index contributed by atoms with van der Waals surface area (Å²) >= 11 is 0. The normalized spacial score (nSPS) is 13.2. The van der Waals surface area contributed by atoms with Gasteiger partial charge in [0.05, 0.1) is 17.5 Å². The van der Waals surface area contributed by atoms with Gasteiger partial charge in [0.25, 0.3) is 0 Å². The second-order valence-corrected chi connectivity index (χ2v) is 7.24. The molecule has 3 aromatic rings. The number of hydrogen-bond acceptors (Lipinski definition) is 6. The Morgan fingerprint density at radius 3 is 2.61 bits per heavy atom. The molecule has 3 heterocycles. The first kappa shape index (κ1) is 25.3. The highest BCUT2D eigenvalue weighted by atomic mass is 19.3. The van der Waals surface area contributed by atoms with E-state index in [4.69, 9.17) is 5.26 Å². The Balaban J connectivity index is 0.000000218. The molecule has 0 radical (unpaired) electrons. The van der Waals surface area contributed by atoms with Crippen LogP contribution in [0.1, 0.15) is 50.9 Å². The number of anilines is 1. The van der Waals surface area contributed by atoms with E-state index in [-0.39, 0.29) is 22.5 Å². The van der Waals surface area contributed by atoms with Crippen LogP contribution < -0.4 is 10.1 Å². The number of nitriles is 1. The van der Waals surface area contributed by atoms with E-state index in [0.29, 0.717) is 12.1 Å². The van der Waals surface area contributed by atoms with E-state index in [2.05, 4.69) is 45.5 Å². The molecular formula is C22H23F3N6O2. The number of pyridine rings is 1. The van der Waals surface area contributed by atoms with Crippen LogP contribution in [-0.2, 0) is 10.2 Å². The molecular weight excluding hydrogens is 437 g/mol. The molecule has 0 fully saturated rings. The average Bonchev–Trinajstić information content (AvgIpc) is 3.25. The monoisotopic (exact) mass is 460 g/mol. The summed E-state index contributed by atoms with van der Waals surface area (Å²) < 4.78 is 42.5. The summed E-state index contributed by atoms with van der Waals surface area (Å²) in [7, 11) is 0. The van der Waals surface area contributed by atoms with Crippen molar-refractivity contribution in [1.29, 1.82) is 5.26 Å². The Morgan fingerprint density at radius 2 is 2.00 bits per heavy atom. The molecule has 1 aliphatic rings. The maximum absolute atomic E-state index is 13.1. The molecule has 1 aliphatic carbocycles. The van der Waals surface area contributed by atoms with E-state index >= 15 is 0 Å². The van der Waals surface area contributed by atoms with Crippen LogP contribution in [0.2, 0.25) is 0 Å². The Labute approximate surface area is 188 Å². The highest BCUT2D eigenvalue weighted by Crippen LogP contribution is 2.43. The van der Waals surface area contributed by atoms with Crippen molar-refractivity contribution in [3.8, 4) is 11.8 Å². The van der Waals surface area contributed by atoms with E-state index in [1.165, 1.54) is 6.07 Å². The number of halogens is 3. The molecule has 0 spiro atoms. The van der Waals surface area contributed by atoms with Crippen molar-refractivity contribution < 1.29 is 22.7 Å². The van der Waals surface area contributed by atoms with Gasteiger partial charge in [-0.3, -0.25) is 4.79 Å². The zero-order valence-electron chi connectivity index (χ0n) is 18.6. The molecule has 0 aliphatic heterocycles. The van der Waals surface area contributed by atoms with Gasteiger partial charge in [-0.25, -0.2) is 14.5 Å². The maximum atomic E-state index is 13.1. The van der Waals surface area contributed by atoms with Crippen molar-refractivity contribution in [1.82, 2.24) is 19.6 Å². The standard InChI is InChI=1S/C12H12FN3.C8H5F2N3O2.C2H6/c1-7-5-12(2,3)11-8(7)6-14-10-4-9(13)15-16(10)11;9-8(10)15-6-3-12-7(13-4-14)1-5(6)2-11;1-2/h4,6H,1,5H2,2-3H3;1,3-4,8H,(H,12,13,14);1-2H3. The third-order valence-electron chi connectivity index (χ3n) is 4.54. The zero-order valence-corrected chi connectivity index (χ0v) is 18.6. The number of nitrogens with zero attached hydrogens (tertiary/aromatic N) is 5. The van der Waals surface area contributed by atoms with Gasteiger partial charge in [-0.1, -0.05) is 34.3 Å². The number of hydrogen-bond donors (Lipinski definition) is 1. The molecule has 11 heteroatoms. The minimum absolute atomic E-state index is 0.0634. The number of carbonyl (C=O) groups is 1. The summed E-state index contributed by atoms with van der Waals surface area (Å²) in [5.74, 6) is -0.735. The number of allylic oxidation sites excluding steroid dienone is 1. The zero-order chi connectivity index (χ0) is 24.8. The summed E-state index contributed by atoms with van der Waals surface area (Å²) in [5.41, 5.74) is 3.41. The molecule has 0 aromatic carbocycles. The molecule has 0 atom stereocenters. The molecule has 33 heavy (non-hydrogen) atoms. The molecule has 3 aromatic heterocycles. The first-order valence-electron chi connectivity index (χ1n) is 9.94. The molecule has 1 amide bonds. The van der Waals surface area contributed by atoms with Gasteiger partial charge < -0.3 is 10.1 Å². The van der Waals surface area contributed by atoms with E-state index in [0.717, 1.165) is 35.5 Å². The van der Waals surface area contributed by atoms with Crippen molar-refractivity contribution >= 4 is 23.4 Å². The smallest absolute Gasteiger partial charge is 0.387 e. The fourth-order valence-electron chi connectivity index (χ4n) is 3.39. The lowest BCUT2D eigenvalue weighted by Gasteiger charge is -2.18. The fourth-order valence-corrected chi connectivity index (χ4v) is 3.39. The van der Waals surface area contributed by atoms with E-state index in [9.17, 15) is 18.0 Å². The highest BCUT2D eigenvalue weighted by molar-refractivity contribution is 5.73. The lowest BCUT2D eigenvalue weighted by molar-refractivity contribution is -0.105. The van der Waals surface area contributed by atoms with Gasteiger partial charge >= 0.3 is 6.61 Å². The van der Waals surface area contributed by atoms with E-state index in [1.807, 2.05) is 13.8 Å². The first-order valence-corrected chi connectivity index (χ1v) is 9.94. The highest BCUT2D eigenvalue weighted by Gasteiger charge is 2.35. The molecule has 0 saturated carbocycles. The Kier molecular flexibility index (Phi) is 8.12. The third kappa shape index (κ3) is 5.65. The number of alkyl halides is 2. The number of fused-ring (bicyclic) bond motifs is 3. The van der Waals surface area contributed by atoms with Crippen LogP contribution in [-0.4, -0.2) is 32.6 Å². The Morgan fingerprint density at radius 1 is 1.30 bits per heavy atom. The number of amides is 1. The van der Waals surface area contributed by atoms with Gasteiger partial charge in [0.15, 0.2) is 11.4 Å². The summed E-state index contributed by atoms with van der Waals surface area (Å²) in [6.45, 7) is 9.23.